The Kier molecular flexibility index (Phi) is 9.95. The van der Waals surface area contributed by atoms with E-state index in [2.05, 4.69) is 24.3 Å². The van der Waals surface area contributed by atoms with Crippen LogP contribution in [0.5, 0.6) is 0 Å². The molecular formula is C9H12F3O3RuS. The Balaban J connectivity index is 0. The molecule has 0 aromatic carbocycles. The van der Waals surface area contributed by atoms with Gasteiger partial charge in [0, 0.05) is 0 Å². The molecule has 1 rings (SSSR count). The van der Waals surface area contributed by atoms with Crippen molar-refractivity contribution in [2.45, 2.75) is 31.2 Å². The van der Waals surface area contributed by atoms with Crippen LogP contribution < -0.4 is 0 Å². The smallest absolute Gasteiger partial charge is 0.741 e. The van der Waals surface area contributed by atoms with Gasteiger partial charge in [-0.1, -0.05) is 24.3 Å². The molecule has 0 saturated heterocycles. The summed E-state index contributed by atoms with van der Waals surface area (Å²) in [6.07, 6.45) is 14.0. The Hall–Kier alpha value is -0.197. The summed E-state index contributed by atoms with van der Waals surface area (Å²) in [5, 5.41) is 0. The first kappa shape index (κ1) is 19.2. The molecule has 1 aliphatic carbocycles. The summed E-state index contributed by atoms with van der Waals surface area (Å²) >= 11 is 0. The molecule has 0 unspecified atom stereocenters. The molecule has 0 heterocycles. The van der Waals surface area contributed by atoms with Crippen molar-refractivity contribution in [3.8, 4) is 0 Å². The van der Waals surface area contributed by atoms with Gasteiger partial charge in [0.1, 0.15) is 0 Å². The number of rotatable bonds is 0. The van der Waals surface area contributed by atoms with E-state index >= 15 is 0 Å². The standard InChI is InChI=1S/C8H12.CHF3O3S.Ru/c1-2-4-6-8-7-5-3-1;2-1(3,4)8(5,6)7;/h1-2,7-8H,3-6H2;(H,5,6,7);/q;;+1/p-1. The maximum atomic E-state index is 10.7. The third kappa shape index (κ3) is 10.7. The van der Waals surface area contributed by atoms with Crippen LogP contribution in [0.4, 0.5) is 13.2 Å². The van der Waals surface area contributed by atoms with Crippen molar-refractivity contribution in [2.75, 3.05) is 0 Å². The second kappa shape index (κ2) is 8.83. The van der Waals surface area contributed by atoms with Crippen LogP contribution in [0.25, 0.3) is 0 Å². The van der Waals surface area contributed by atoms with Crippen LogP contribution in [0, 0.1) is 0 Å². The van der Waals surface area contributed by atoms with E-state index in [0.717, 1.165) is 0 Å². The van der Waals surface area contributed by atoms with Gasteiger partial charge >= 0.3 is 25.0 Å². The topological polar surface area (TPSA) is 57.2 Å². The second-order valence-corrected chi connectivity index (χ2v) is 4.37. The van der Waals surface area contributed by atoms with E-state index in [4.69, 9.17) is 13.0 Å². The minimum atomic E-state index is -6.09. The summed E-state index contributed by atoms with van der Waals surface area (Å²) in [5.41, 5.74) is -5.65. The molecule has 17 heavy (non-hydrogen) atoms. The van der Waals surface area contributed by atoms with E-state index in [-0.39, 0.29) is 19.5 Å². The van der Waals surface area contributed by atoms with E-state index < -0.39 is 15.6 Å². The molecule has 1 aliphatic rings. The normalized spacial score (nSPS) is 16.0. The molecule has 0 fully saturated rings. The summed E-state index contributed by atoms with van der Waals surface area (Å²) in [7, 11) is -6.09. The zero-order valence-electron chi connectivity index (χ0n) is 8.76. The fourth-order valence-corrected chi connectivity index (χ4v) is 0.856. The molecule has 0 amide bonds. The van der Waals surface area contributed by atoms with E-state index in [1.165, 1.54) is 25.7 Å². The molecular weight excluding hydrogens is 346 g/mol. The van der Waals surface area contributed by atoms with Crippen molar-refractivity contribution in [3.63, 3.8) is 0 Å². The maximum absolute atomic E-state index is 10.7. The van der Waals surface area contributed by atoms with Gasteiger partial charge in [-0.15, -0.1) is 0 Å². The largest absolute Gasteiger partial charge is 1.00 e. The van der Waals surface area contributed by atoms with Crippen LogP contribution in [-0.2, 0) is 29.6 Å². The molecule has 1 radical (unpaired) electrons. The summed E-state index contributed by atoms with van der Waals surface area (Å²) in [6.45, 7) is 0. The summed E-state index contributed by atoms with van der Waals surface area (Å²) in [4.78, 5) is 0. The van der Waals surface area contributed by atoms with Crippen LogP contribution in [0.3, 0.4) is 0 Å². The van der Waals surface area contributed by atoms with Gasteiger partial charge in [-0.2, -0.15) is 13.2 Å². The fourth-order valence-electron chi connectivity index (χ4n) is 0.856. The second-order valence-electron chi connectivity index (χ2n) is 3.00. The van der Waals surface area contributed by atoms with E-state index in [9.17, 15) is 13.2 Å². The number of hydrogen-bond acceptors (Lipinski definition) is 3. The Morgan fingerprint density at radius 1 is 0.882 bits per heavy atom. The molecule has 3 nitrogen and oxygen atoms in total. The summed E-state index contributed by atoms with van der Waals surface area (Å²) in [5.74, 6) is 0. The average Bonchev–Trinajstić information content (AvgIpc) is 1.98. The molecule has 0 aromatic heterocycles. The first-order valence-corrected chi connectivity index (χ1v) is 5.98. The van der Waals surface area contributed by atoms with Crippen molar-refractivity contribution in [1.82, 2.24) is 0 Å². The number of halogens is 3. The van der Waals surface area contributed by atoms with Gasteiger partial charge in [0.05, 0.1) is 0 Å². The zero-order valence-corrected chi connectivity index (χ0v) is 11.3. The minimum absolute atomic E-state index is 0. The fraction of sp³-hybridized carbons (Fsp3) is 0.556. The summed E-state index contributed by atoms with van der Waals surface area (Å²) < 4.78 is 58.9. The number of alkyl halides is 3. The van der Waals surface area contributed by atoms with Crippen LogP contribution in [0.15, 0.2) is 24.3 Å². The number of hydrogen-bond donors (Lipinski definition) is 0. The van der Waals surface area contributed by atoms with E-state index in [0.29, 0.717) is 0 Å². The Morgan fingerprint density at radius 3 is 1.18 bits per heavy atom. The molecule has 0 atom stereocenters. The molecule has 8 heteroatoms. The molecule has 0 spiro atoms. The molecule has 0 bridgehead atoms. The monoisotopic (exact) mass is 359 g/mol. The van der Waals surface area contributed by atoms with E-state index in [1.807, 2.05) is 0 Å². The third-order valence-electron chi connectivity index (χ3n) is 1.62. The van der Waals surface area contributed by atoms with Gasteiger partial charge in [0.15, 0.2) is 10.1 Å². The minimum Gasteiger partial charge on any atom is -0.741 e. The molecule has 0 aliphatic heterocycles. The Bertz CT molecular complexity index is 321. The van der Waals surface area contributed by atoms with Crippen molar-refractivity contribution in [1.29, 1.82) is 0 Å². The molecule has 0 aromatic rings. The average molecular weight is 358 g/mol. The number of allylic oxidation sites excluding steroid dienone is 4. The molecule has 101 valence electrons. The van der Waals surface area contributed by atoms with Crippen molar-refractivity contribution in [3.05, 3.63) is 24.3 Å². The predicted molar refractivity (Wildman–Crippen MR) is 52.5 cm³/mol. The van der Waals surface area contributed by atoms with Crippen LogP contribution >= 0.6 is 0 Å². The van der Waals surface area contributed by atoms with Gasteiger partial charge < -0.3 is 4.55 Å². The van der Waals surface area contributed by atoms with Gasteiger partial charge in [0.2, 0.25) is 0 Å². The molecule has 0 N–H and O–H groups in total. The van der Waals surface area contributed by atoms with Crippen LogP contribution in [-0.4, -0.2) is 18.5 Å². The first-order valence-electron chi connectivity index (χ1n) is 4.57. The van der Waals surface area contributed by atoms with Crippen molar-refractivity contribution < 1.29 is 45.6 Å². The van der Waals surface area contributed by atoms with Crippen LogP contribution in [0.1, 0.15) is 25.7 Å². The first-order chi connectivity index (χ1) is 7.25. The SMILES string of the molecule is C1=CCCC=CCC1.O=S(=O)([O-])C(F)(F)F.[Ru+]. The Labute approximate surface area is 111 Å². The third-order valence-corrected chi connectivity index (χ3v) is 2.18. The van der Waals surface area contributed by atoms with Gasteiger partial charge in [0.25, 0.3) is 0 Å². The van der Waals surface area contributed by atoms with E-state index in [1.54, 1.807) is 0 Å². The van der Waals surface area contributed by atoms with Gasteiger partial charge in [-0.05, 0) is 25.7 Å². The van der Waals surface area contributed by atoms with Crippen LogP contribution in [0.2, 0.25) is 0 Å². The molecule has 0 saturated carbocycles. The summed E-state index contributed by atoms with van der Waals surface area (Å²) in [6, 6.07) is 0. The Morgan fingerprint density at radius 2 is 1.06 bits per heavy atom. The quantitative estimate of drug-likeness (QED) is 0.290. The predicted octanol–water partition coefficient (Wildman–Crippen LogP) is 2.72. The zero-order chi connectivity index (χ0) is 12.7. The maximum Gasteiger partial charge on any atom is 1.00 e. The van der Waals surface area contributed by atoms with Gasteiger partial charge in [-0.25, -0.2) is 8.42 Å². The van der Waals surface area contributed by atoms with Crippen molar-refractivity contribution in [2.24, 2.45) is 0 Å². The van der Waals surface area contributed by atoms with Gasteiger partial charge in [-0.3, -0.25) is 0 Å². The van der Waals surface area contributed by atoms with Crippen molar-refractivity contribution >= 4 is 10.1 Å².